The molecule has 0 aliphatic heterocycles. The summed E-state index contributed by atoms with van der Waals surface area (Å²) in [5.74, 6) is 0.943. The van der Waals surface area contributed by atoms with Crippen LogP contribution in [0.2, 0.25) is 0 Å². The standard InChI is InChI=1S/C24H29N3OS/c1-3-5-16-21(28)25-17-18-29-24-26-22(19-12-8-6-9-13-19)23(27(24)4-2)20-14-10-7-11-15-20/h6-15H,3-5,16-18H2,1-2H3,(H,25,28). The van der Waals surface area contributed by atoms with Gasteiger partial charge in [0.15, 0.2) is 5.16 Å². The van der Waals surface area contributed by atoms with Crippen molar-refractivity contribution in [3.63, 3.8) is 0 Å². The molecule has 0 unspecified atom stereocenters. The molecule has 0 saturated carbocycles. The summed E-state index contributed by atoms with van der Waals surface area (Å²) >= 11 is 1.70. The van der Waals surface area contributed by atoms with Gasteiger partial charge in [0.25, 0.3) is 0 Å². The van der Waals surface area contributed by atoms with Crippen LogP contribution in [-0.2, 0) is 11.3 Å². The zero-order valence-electron chi connectivity index (χ0n) is 17.2. The summed E-state index contributed by atoms with van der Waals surface area (Å²) in [7, 11) is 0. The lowest BCUT2D eigenvalue weighted by Gasteiger charge is -2.11. The third-order valence-electron chi connectivity index (χ3n) is 4.76. The summed E-state index contributed by atoms with van der Waals surface area (Å²) in [5, 5.41) is 4.01. The molecular weight excluding hydrogens is 378 g/mol. The van der Waals surface area contributed by atoms with Crippen LogP contribution in [0, 0.1) is 0 Å². The molecule has 1 aromatic heterocycles. The van der Waals surface area contributed by atoms with E-state index >= 15 is 0 Å². The van der Waals surface area contributed by atoms with Gasteiger partial charge in [0.2, 0.25) is 5.91 Å². The van der Waals surface area contributed by atoms with E-state index < -0.39 is 0 Å². The fourth-order valence-corrected chi connectivity index (χ4v) is 4.20. The predicted molar refractivity (Wildman–Crippen MR) is 122 cm³/mol. The van der Waals surface area contributed by atoms with Crippen molar-refractivity contribution in [2.24, 2.45) is 0 Å². The summed E-state index contributed by atoms with van der Waals surface area (Å²) < 4.78 is 2.28. The molecule has 1 N–H and O–H groups in total. The van der Waals surface area contributed by atoms with E-state index in [1.165, 1.54) is 5.56 Å². The van der Waals surface area contributed by atoms with E-state index in [1.807, 2.05) is 24.3 Å². The number of aromatic nitrogens is 2. The molecular formula is C24H29N3OS. The summed E-state index contributed by atoms with van der Waals surface area (Å²) in [6.07, 6.45) is 2.60. The highest BCUT2D eigenvalue weighted by Crippen LogP contribution is 2.35. The number of nitrogens with zero attached hydrogens (tertiary/aromatic N) is 2. The molecule has 0 fully saturated rings. The molecule has 0 radical (unpaired) electrons. The van der Waals surface area contributed by atoms with Gasteiger partial charge in [-0.15, -0.1) is 0 Å². The van der Waals surface area contributed by atoms with Crippen molar-refractivity contribution in [1.82, 2.24) is 14.9 Å². The Hall–Kier alpha value is -2.53. The van der Waals surface area contributed by atoms with Gasteiger partial charge in [0.1, 0.15) is 0 Å². The number of hydrogen-bond donors (Lipinski definition) is 1. The van der Waals surface area contributed by atoms with Gasteiger partial charge in [-0.1, -0.05) is 85.8 Å². The molecule has 0 saturated heterocycles. The Morgan fingerprint density at radius 2 is 1.66 bits per heavy atom. The van der Waals surface area contributed by atoms with Crippen LogP contribution in [0.5, 0.6) is 0 Å². The summed E-state index contributed by atoms with van der Waals surface area (Å²) in [6, 6.07) is 20.8. The Bertz CT molecular complexity index is 907. The molecule has 0 aliphatic rings. The SMILES string of the molecule is CCCCC(=O)NCCSc1nc(-c2ccccc2)c(-c2ccccc2)n1CC. The molecule has 0 bridgehead atoms. The van der Waals surface area contributed by atoms with Crippen molar-refractivity contribution >= 4 is 17.7 Å². The number of unbranched alkanes of at least 4 members (excludes halogenated alkanes) is 1. The molecule has 2 aromatic carbocycles. The molecule has 0 atom stereocenters. The minimum atomic E-state index is 0.140. The van der Waals surface area contributed by atoms with E-state index in [9.17, 15) is 4.79 Å². The highest BCUT2D eigenvalue weighted by molar-refractivity contribution is 7.99. The van der Waals surface area contributed by atoms with Gasteiger partial charge >= 0.3 is 0 Å². The third kappa shape index (κ3) is 5.51. The summed E-state index contributed by atoms with van der Waals surface area (Å²) in [4.78, 5) is 16.8. The number of hydrogen-bond acceptors (Lipinski definition) is 3. The maximum absolute atomic E-state index is 11.8. The number of carbonyl (C=O) groups excluding carboxylic acids is 1. The minimum Gasteiger partial charge on any atom is -0.355 e. The second-order valence-corrected chi connectivity index (χ2v) is 7.93. The molecule has 5 heteroatoms. The van der Waals surface area contributed by atoms with Crippen molar-refractivity contribution in [1.29, 1.82) is 0 Å². The molecule has 0 aliphatic carbocycles. The first-order chi connectivity index (χ1) is 14.2. The van der Waals surface area contributed by atoms with Crippen LogP contribution in [-0.4, -0.2) is 27.8 Å². The molecule has 3 aromatic rings. The average molecular weight is 408 g/mol. The summed E-state index contributed by atoms with van der Waals surface area (Å²) in [6.45, 7) is 5.75. The van der Waals surface area contributed by atoms with Crippen LogP contribution >= 0.6 is 11.8 Å². The molecule has 29 heavy (non-hydrogen) atoms. The fraction of sp³-hybridized carbons (Fsp3) is 0.333. The van der Waals surface area contributed by atoms with Crippen molar-refractivity contribution in [2.45, 2.75) is 44.8 Å². The Kier molecular flexibility index (Phi) is 7.94. The number of carbonyl (C=O) groups is 1. The minimum absolute atomic E-state index is 0.140. The Labute approximate surface area is 177 Å². The van der Waals surface area contributed by atoms with E-state index in [4.69, 9.17) is 4.98 Å². The first kappa shape index (κ1) is 21.2. The van der Waals surface area contributed by atoms with Gasteiger partial charge in [-0.2, -0.15) is 0 Å². The van der Waals surface area contributed by atoms with E-state index in [0.717, 1.165) is 47.2 Å². The largest absolute Gasteiger partial charge is 0.355 e. The predicted octanol–water partition coefficient (Wildman–Crippen LogP) is 5.64. The number of benzene rings is 2. The van der Waals surface area contributed by atoms with Gasteiger partial charge < -0.3 is 9.88 Å². The Morgan fingerprint density at radius 1 is 1.00 bits per heavy atom. The van der Waals surface area contributed by atoms with Crippen LogP contribution in [0.25, 0.3) is 22.5 Å². The molecule has 1 amide bonds. The number of rotatable bonds is 10. The Morgan fingerprint density at radius 3 is 2.28 bits per heavy atom. The highest BCUT2D eigenvalue weighted by atomic mass is 32.2. The normalized spacial score (nSPS) is 10.8. The van der Waals surface area contributed by atoms with Gasteiger partial charge in [-0.25, -0.2) is 4.98 Å². The molecule has 3 rings (SSSR count). The summed E-state index contributed by atoms with van der Waals surface area (Å²) in [5.41, 5.74) is 4.44. The zero-order chi connectivity index (χ0) is 20.5. The fourth-order valence-electron chi connectivity index (χ4n) is 3.28. The highest BCUT2D eigenvalue weighted by Gasteiger charge is 2.19. The lowest BCUT2D eigenvalue weighted by Crippen LogP contribution is -2.25. The number of amides is 1. The Balaban J connectivity index is 1.83. The smallest absolute Gasteiger partial charge is 0.220 e. The van der Waals surface area contributed by atoms with Gasteiger partial charge in [0, 0.05) is 36.4 Å². The zero-order valence-corrected chi connectivity index (χ0v) is 18.0. The molecule has 1 heterocycles. The van der Waals surface area contributed by atoms with E-state index in [1.54, 1.807) is 11.8 Å². The van der Waals surface area contributed by atoms with E-state index in [-0.39, 0.29) is 5.91 Å². The van der Waals surface area contributed by atoms with Crippen LogP contribution in [0.1, 0.15) is 33.1 Å². The lowest BCUT2D eigenvalue weighted by atomic mass is 10.0. The van der Waals surface area contributed by atoms with Crippen LogP contribution in [0.4, 0.5) is 0 Å². The van der Waals surface area contributed by atoms with Crippen molar-refractivity contribution < 1.29 is 4.79 Å². The van der Waals surface area contributed by atoms with E-state index in [0.29, 0.717) is 13.0 Å². The van der Waals surface area contributed by atoms with Crippen molar-refractivity contribution in [2.75, 3.05) is 12.3 Å². The van der Waals surface area contributed by atoms with Crippen LogP contribution in [0.15, 0.2) is 65.8 Å². The second kappa shape index (κ2) is 10.9. The maximum atomic E-state index is 11.8. The quantitative estimate of drug-likeness (QED) is 0.350. The number of imidazole rings is 1. The first-order valence-electron chi connectivity index (χ1n) is 10.4. The topological polar surface area (TPSA) is 46.9 Å². The monoisotopic (exact) mass is 407 g/mol. The number of thioether (sulfide) groups is 1. The maximum Gasteiger partial charge on any atom is 0.220 e. The lowest BCUT2D eigenvalue weighted by molar-refractivity contribution is -0.121. The second-order valence-electron chi connectivity index (χ2n) is 6.87. The first-order valence-corrected chi connectivity index (χ1v) is 11.3. The molecule has 0 spiro atoms. The van der Waals surface area contributed by atoms with Gasteiger partial charge in [-0.05, 0) is 13.3 Å². The van der Waals surface area contributed by atoms with Gasteiger partial charge in [0.05, 0.1) is 11.4 Å². The third-order valence-corrected chi connectivity index (χ3v) is 5.73. The van der Waals surface area contributed by atoms with Crippen LogP contribution in [0.3, 0.4) is 0 Å². The average Bonchev–Trinajstić information content (AvgIpc) is 3.15. The van der Waals surface area contributed by atoms with Gasteiger partial charge in [-0.3, -0.25) is 4.79 Å². The van der Waals surface area contributed by atoms with Crippen molar-refractivity contribution in [3.8, 4) is 22.5 Å². The number of nitrogens with one attached hydrogen (secondary N) is 1. The van der Waals surface area contributed by atoms with Crippen LogP contribution < -0.4 is 5.32 Å². The van der Waals surface area contributed by atoms with E-state index in [2.05, 4.69) is 60.1 Å². The van der Waals surface area contributed by atoms with Crippen molar-refractivity contribution in [3.05, 3.63) is 60.7 Å². The molecule has 152 valence electrons. The molecule has 4 nitrogen and oxygen atoms in total.